The Labute approximate surface area is 175 Å². The first kappa shape index (κ1) is 21.3. The first-order valence-corrected chi connectivity index (χ1v) is 9.24. The van der Waals surface area contributed by atoms with Crippen LogP contribution >= 0.6 is 11.6 Å². The molecule has 0 bridgehead atoms. The highest BCUT2D eigenvalue weighted by molar-refractivity contribution is 6.31. The quantitative estimate of drug-likeness (QED) is 0.542. The van der Waals surface area contributed by atoms with Crippen LogP contribution in [0.25, 0.3) is 0 Å². The fraction of sp³-hybridized carbons (Fsp3) is 0.143. The van der Waals surface area contributed by atoms with E-state index < -0.39 is 34.3 Å². The summed E-state index contributed by atoms with van der Waals surface area (Å²) < 4.78 is 27.3. The topological polar surface area (TPSA) is 87.6 Å². The van der Waals surface area contributed by atoms with Crippen molar-refractivity contribution < 1.29 is 23.2 Å². The predicted molar refractivity (Wildman–Crippen MR) is 109 cm³/mol. The summed E-state index contributed by atoms with van der Waals surface area (Å²) in [6.07, 6.45) is 1.59. The summed E-state index contributed by atoms with van der Waals surface area (Å²) in [5.41, 5.74) is 1.03. The van der Waals surface area contributed by atoms with Crippen LogP contribution in [0.1, 0.15) is 22.3 Å². The summed E-state index contributed by atoms with van der Waals surface area (Å²) in [5.74, 6) is -3.50. The summed E-state index contributed by atoms with van der Waals surface area (Å²) in [5, 5.41) is 4.37. The van der Waals surface area contributed by atoms with Gasteiger partial charge in [-0.05, 0) is 29.8 Å². The van der Waals surface area contributed by atoms with Crippen LogP contribution in [0.3, 0.4) is 0 Å². The summed E-state index contributed by atoms with van der Waals surface area (Å²) in [4.78, 5) is 40.4. The first-order valence-electron chi connectivity index (χ1n) is 8.86. The third kappa shape index (κ3) is 4.44. The van der Waals surface area contributed by atoms with E-state index in [1.807, 2.05) is 0 Å². The Morgan fingerprint density at radius 1 is 1.07 bits per heavy atom. The Morgan fingerprint density at radius 3 is 2.43 bits per heavy atom. The Hall–Kier alpha value is -3.39. The molecular formula is C21H16ClF2N3O3. The number of hydrogen-bond donors (Lipinski definition) is 2. The van der Waals surface area contributed by atoms with Gasteiger partial charge in [0.1, 0.15) is 16.5 Å². The van der Waals surface area contributed by atoms with Gasteiger partial charge in [0.15, 0.2) is 11.6 Å². The zero-order valence-electron chi connectivity index (χ0n) is 15.8. The largest absolute Gasteiger partial charge is 0.354 e. The molecule has 1 aliphatic rings. The van der Waals surface area contributed by atoms with Crippen molar-refractivity contribution in [1.29, 1.82) is 0 Å². The van der Waals surface area contributed by atoms with Crippen molar-refractivity contribution in [1.82, 2.24) is 5.32 Å². The van der Waals surface area contributed by atoms with Crippen molar-refractivity contribution in [3.8, 4) is 0 Å². The molecule has 0 unspecified atom stereocenters. The van der Waals surface area contributed by atoms with Crippen molar-refractivity contribution in [2.24, 2.45) is 4.99 Å². The highest BCUT2D eigenvalue weighted by Crippen LogP contribution is 2.24. The maximum Gasteiger partial charge on any atom is 0.270 e. The normalized spacial score (nSPS) is 12.8. The van der Waals surface area contributed by atoms with Gasteiger partial charge < -0.3 is 10.6 Å². The third-order valence-corrected chi connectivity index (χ3v) is 4.78. The lowest BCUT2D eigenvalue weighted by molar-refractivity contribution is -0.118. The van der Waals surface area contributed by atoms with Crippen LogP contribution in [0.2, 0.25) is 5.02 Å². The van der Waals surface area contributed by atoms with E-state index in [1.165, 1.54) is 13.3 Å². The van der Waals surface area contributed by atoms with Gasteiger partial charge in [-0.2, -0.15) is 0 Å². The Bertz CT molecular complexity index is 1100. The molecular weight excluding hydrogens is 416 g/mol. The minimum Gasteiger partial charge on any atom is -0.354 e. The van der Waals surface area contributed by atoms with Gasteiger partial charge in [-0.25, -0.2) is 8.78 Å². The summed E-state index contributed by atoms with van der Waals surface area (Å²) >= 11 is 5.51. The number of nitrogens with one attached hydrogen (secondary N) is 2. The SMILES string of the molecule is CNC(=O)C1=C(C(=O)Nc2ccc(CC(=O)c3ccc(F)c(Cl)c3F)cc2)CC=N1. The van der Waals surface area contributed by atoms with E-state index in [4.69, 9.17) is 11.6 Å². The Kier molecular flexibility index (Phi) is 6.37. The number of anilines is 1. The van der Waals surface area contributed by atoms with Gasteiger partial charge in [0.2, 0.25) is 0 Å². The number of nitrogens with zero attached hydrogens (tertiary/aromatic N) is 1. The standard InChI is InChI=1S/C21H16ClF2N3O3/c1-25-21(30)19-14(8-9-26-19)20(29)27-12-4-2-11(3-5-12)10-16(28)13-6-7-15(23)17(22)18(13)24/h2-7,9H,8,10H2,1H3,(H,25,30)(H,27,29). The maximum atomic E-state index is 14.0. The Balaban J connectivity index is 1.68. The van der Waals surface area contributed by atoms with E-state index in [0.29, 0.717) is 11.3 Å². The molecule has 0 aliphatic carbocycles. The lowest BCUT2D eigenvalue weighted by Crippen LogP contribution is -2.23. The molecule has 2 aromatic carbocycles. The molecule has 0 spiro atoms. The van der Waals surface area contributed by atoms with E-state index in [0.717, 1.165) is 12.1 Å². The van der Waals surface area contributed by atoms with Crippen LogP contribution in [0.5, 0.6) is 0 Å². The van der Waals surface area contributed by atoms with E-state index in [1.54, 1.807) is 24.3 Å². The van der Waals surface area contributed by atoms with Gasteiger partial charge in [-0.3, -0.25) is 19.4 Å². The van der Waals surface area contributed by atoms with Crippen molar-refractivity contribution in [3.63, 3.8) is 0 Å². The van der Waals surface area contributed by atoms with Gasteiger partial charge >= 0.3 is 0 Å². The van der Waals surface area contributed by atoms with Gasteiger partial charge in [0.05, 0.1) is 11.1 Å². The molecule has 2 N–H and O–H groups in total. The number of rotatable bonds is 6. The fourth-order valence-corrected chi connectivity index (χ4v) is 3.02. The van der Waals surface area contributed by atoms with Crippen molar-refractivity contribution in [2.45, 2.75) is 12.8 Å². The van der Waals surface area contributed by atoms with Crippen molar-refractivity contribution in [2.75, 3.05) is 12.4 Å². The maximum absolute atomic E-state index is 14.0. The summed E-state index contributed by atoms with van der Waals surface area (Å²) in [7, 11) is 1.45. The molecule has 9 heteroatoms. The molecule has 30 heavy (non-hydrogen) atoms. The number of likely N-dealkylation sites (N-methyl/N-ethyl adjacent to an activating group) is 1. The van der Waals surface area contributed by atoms with Gasteiger partial charge in [0.25, 0.3) is 11.8 Å². The number of carbonyl (C=O) groups is 3. The van der Waals surface area contributed by atoms with Crippen LogP contribution < -0.4 is 10.6 Å². The van der Waals surface area contributed by atoms with E-state index in [2.05, 4.69) is 15.6 Å². The van der Waals surface area contributed by atoms with Crippen LogP contribution in [0, 0.1) is 11.6 Å². The smallest absolute Gasteiger partial charge is 0.270 e. The zero-order valence-corrected chi connectivity index (χ0v) is 16.5. The summed E-state index contributed by atoms with van der Waals surface area (Å²) in [6, 6.07) is 8.32. The average molecular weight is 432 g/mol. The second-order valence-corrected chi connectivity index (χ2v) is 6.77. The van der Waals surface area contributed by atoms with E-state index in [9.17, 15) is 23.2 Å². The lowest BCUT2D eigenvalue weighted by Gasteiger charge is -2.09. The van der Waals surface area contributed by atoms with Crippen molar-refractivity contribution >= 4 is 41.1 Å². The number of benzene rings is 2. The molecule has 0 fully saturated rings. The van der Waals surface area contributed by atoms with Crippen LogP contribution in [0.15, 0.2) is 52.7 Å². The molecule has 2 amide bonds. The van der Waals surface area contributed by atoms with Gasteiger partial charge in [0, 0.05) is 31.8 Å². The second kappa shape index (κ2) is 8.96. The molecule has 0 saturated heterocycles. The van der Waals surface area contributed by atoms with Gasteiger partial charge in [-0.15, -0.1) is 0 Å². The number of aliphatic imine (C=N–C) groups is 1. The number of ketones is 1. The van der Waals surface area contributed by atoms with Crippen LogP contribution in [-0.2, 0) is 16.0 Å². The molecule has 6 nitrogen and oxygen atoms in total. The molecule has 3 rings (SSSR count). The minimum atomic E-state index is -1.09. The highest BCUT2D eigenvalue weighted by atomic mass is 35.5. The van der Waals surface area contributed by atoms with Crippen molar-refractivity contribution in [3.05, 3.63) is 75.5 Å². The number of halogens is 3. The summed E-state index contributed by atoms with van der Waals surface area (Å²) in [6.45, 7) is 0. The molecule has 0 saturated carbocycles. The molecule has 0 radical (unpaired) electrons. The van der Waals surface area contributed by atoms with E-state index >= 15 is 0 Å². The predicted octanol–water partition coefficient (Wildman–Crippen LogP) is 3.46. The lowest BCUT2D eigenvalue weighted by atomic mass is 10.0. The van der Waals surface area contributed by atoms with Crippen LogP contribution in [0.4, 0.5) is 14.5 Å². The zero-order chi connectivity index (χ0) is 21.8. The van der Waals surface area contributed by atoms with Crippen LogP contribution in [-0.4, -0.2) is 30.9 Å². The van der Waals surface area contributed by atoms with E-state index in [-0.39, 0.29) is 29.7 Å². The first-order chi connectivity index (χ1) is 14.3. The number of hydrogen-bond acceptors (Lipinski definition) is 4. The number of carbonyl (C=O) groups excluding carboxylic acids is 3. The number of Topliss-reactive ketones (excluding diaryl/α,β-unsaturated/α-hetero) is 1. The molecule has 1 aliphatic heterocycles. The molecule has 0 aromatic heterocycles. The third-order valence-electron chi connectivity index (χ3n) is 4.43. The molecule has 154 valence electrons. The van der Waals surface area contributed by atoms with Gasteiger partial charge in [-0.1, -0.05) is 23.7 Å². The second-order valence-electron chi connectivity index (χ2n) is 6.40. The minimum absolute atomic E-state index is 0.0669. The fourth-order valence-electron chi connectivity index (χ4n) is 2.85. The molecule has 2 aromatic rings. The average Bonchev–Trinajstić information content (AvgIpc) is 3.23. The number of amides is 2. The Morgan fingerprint density at radius 2 is 1.77 bits per heavy atom. The molecule has 0 atom stereocenters. The molecule has 1 heterocycles. The monoisotopic (exact) mass is 431 g/mol. The highest BCUT2D eigenvalue weighted by Gasteiger charge is 2.23.